The Bertz CT molecular complexity index is 130. The van der Waals surface area contributed by atoms with Crippen molar-refractivity contribution in [2.45, 2.75) is 33.1 Å². The quantitative estimate of drug-likeness (QED) is 0.471. The smallest absolute Gasteiger partial charge is 0.00862 e. The molecule has 64 valence electrons. The lowest BCUT2D eigenvalue weighted by Gasteiger charge is -2.23. The van der Waals surface area contributed by atoms with Crippen molar-refractivity contribution in [2.24, 2.45) is 5.41 Å². The Morgan fingerprint density at radius 3 is 2.55 bits per heavy atom. The van der Waals surface area contributed by atoms with E-state index < -0.39 is 0 Å². The third-order valence-electron chi connectivity index (χ3n) is 1.83. The highest BCUT2D eigenvalue weighted by molar-refractivity contribution is 4.84. The Kier molecular flexibility index (Phi) is 4.98. The summed E-state index contributed by atoms with van der Waals surface area (Å²) in [4.78, 5) is 0. The van der Waals surface area contributed by atoms with Crippen LogP contribution in [0.5, 0.6) is 0 Å². The molecule has 0 spiro atoms. The van der Waals surface area contributed by atoms with Gasteiger partial charge in [-0.1, -0.05) is 13.8 Å². The van der Waals surface area contributed by atoms with Crippen LogP contribution in [0.4, 0.5) is 0 Å². The third-order valence-corrected chi connectivity index (χ3v) is 1.83. The molecule has 0 saturated carbocycles. The first-order valence-corrected chi connectivity index (χ1v) is 4.20. The van der Waals surface area contributed by atoms with Gasteiger partial charge >= 0.3 is 0 Å². The molecule has 0 amide bonds. The van der Waals surface area contributed by atoms with Gasteiger partial charge < -0.3 is 5.32 Å². The highest BCUT2D eigenvalue weighted by Crippen LogP contribution is 2.21. The summed E-state index contributed by atoms with van der Waals surface area (Å²) in [7, 11) is 1.99. The molecule has 0 atom stereocenters. The zero-order chi connectivity index (χ0) is 8.74. The first-order valence-electron chi connectivity index (χ1n) is 4.20. The predicted molar refractivity (Wildman–Crippen MR) is 50.4 cm³/mol. The number of unbranched alkanes of at least 4 members (excludes halogenated alkanes) is 1. The van der Waals surface area contributed by atoms with Crippen LogP contribution in [0.1, 0.15) is 33.1 Å². The molecule has 0 aliphatic rings. The van der Waals surface area contributed by atoms with E-state index in [9.17, 15) is 0 Å². The largest absolute Gasteiger partial charge is 0.319 e. The van der Waals surface area contributed by atoms with Gasteiger partial charge in [-0.15, -0.1) is 12.3 Å². The minimum absolute atomic E-state index is 0.394. The first kappa shape index (κ1) is 10.5. The molecule has 0 rings (SSSR count). The van der Waals surface area contributed by atoms with Crippen LogP contribution < -0.4 is 5.32 Å². The maximum atomic E-state index is 5.17. The molecule has 0 unspecified atom stereocenters. The van der Waals surface area contributed by atoms with Crippen LogP contribution in [0.15, 0.2) is 0 Å². The van der Waals surface area contributed by atoms with Crippen LogP contribution in [0.25, 0.3) is 0 Å². The predicted octanol–water partition coefficient (Wildman–Crippen LogP) is 2.04. The fraction of sp³-hybridized carbons (Fsp3) is 0.800. The average molecular weight is 153 g/mol. The van der Waals surface area contributed by atoms with Crippen molar-refractivity contribution in [1.82, 2.24) is 5.32 Å². The Morgan fingerprint density at radius 1 is 1.45 bits per heavy atom. The molecular weight excluding hydrogens is 134 g/mol. The lowest BCUT2D eigenvalue weighted by Crippen LogP contribution is -2.26. The SMILES string of the molecule is C#CCCCC(C)(C)CNC. The van der Waals surface area contributed by atoms with E-state index in [0.717, 1.165) is 19.4 Å². The number of nitrogens with one attached hydrogen (secondary N) is 1. The molecule has 1 nitrogen and oxygen atoms in total. The summed E-state index contributed by atoms with van der Waals surface area (Å²) in [6.07, 6.45) is 8.43. The van der Waals surface area contributed by atoms with E-state index >= 15 is 0 Å². The molecule has 0 aliphatic heterocycles. The molecule has 0 saturated heterocycles. The number of terminal acetylenes is 1. The molecule has 11 heavy (non-hydrogen) atoms. The Morgan fingerprint density at radius 2 is 2.09 bits per heavy atom. The van der Waals surface area contributed by atoms with E-state index in [-0.39, 0.29) is 0 Å². The molecule has 0 fully saturated rings. The molecule has 0 aromatic carbocycles. The minimum Gasteiger partial charge on any atom is -0.319 e. The third kappa shape index (κ3) is 5.94. The number of rotatable bonds is 5. The van der Waals surface area contributed by atoms with Crippen LogP contribution in [0.2, 0.25) is 0 Å². The van der Waals surface area contributed by atoms with Gasteiger partial charge in [-0.05, 0) is 31.8 Å². The molecule has 1 N–H and O–H groups in total. The molecule has 0 bridgehead atoms. The normalized spacial score (nSPS) is 11.1. The molecule has 0 radical (unpaired) electrons. The highest BCUT2D eigenvalue weighted by Gasteiger charge is 2.14. The average Bonchev–Trinajstić information content (AvgIpc) is 1.87. The van der Waals surface area contributed by atoms with Gasteiger partial charge in [0.05, 0.1) is 0 Å². The van der Waals surface area contributed by atoms with Crippen molar-refractivity contribution < 1.29 is 0 Å². The summed E-state index contributed by atoms with van der Waals surface area (Å²) in [6, 6.07) is 0. The summed E-state index contributed by atoms with van der Waals surface area (Å²) in [6.45, 7) is 5.59. The van der Waals surface area contributed by atoms with E-state index in [1.54, 1.807) is 0 Å². The second kappa shape index (κ2) is 5.21. The zero-order valence-corrected chi connectivity index (χ0v) is 7.91. The first-order chi connectivity index (χ1) is 5.12. The Hall–Kier alpha value is -0.480. The van der Waals surface area contributed by atoms with Crippen LogP contribution >= 0.6 is 0 Å². The zero-order valence-electron chi connectivity index (χ0n) is 7.91. The summed E-state index contributed by atoms with van der Waals surface area (Å²) in [5, 5.41) is 3.18. The van der Waals surface area contributed by atoms with Gasteiger partial charge in [-0.3, -0.25) is 0 Å². The highest BCUT2D eigenvalue weighted by atomic mass is 14.8. The van der Waals surface area contributed by atoms with Crippen molar-refractivity contribution in [1.29, 1.82) is 0 Å². The topological polar surface area (TPSA) is 12.0 Å². The fourth-order valence-corrected chi connectivity index (χ4v) is 1.24. The van der Waals surface area contributed by atoms with Gasteiger partial charge in [0.15, 0.2) is 0 Å². The summed E-state index contributed by atoms with van der Waals surface area (Å²) in [5.41, 5.74) is 0.394. The monoisotopic (exact) mass is 153 g/mol. The van der Waals surface area contributed by atoms with Crippen molar-refractivity contribution in [3.8, 4) is 12.3 Å². The molecule has 0 aromatic heterocycles. The maximum Gasteiger partial charge on any atom is 0.00862 e. The Labute approximate surface area is 70.6 Å². The van der Waals surface area contributed by atoms with Crippen LogP contribution in [-0.4, -0.2) is 13.6 Å². The second-order valence-electron chi connectivity index (χ2n) is 3.75. The summed E-state index contributed by atoms with van der Waals surface area (Å²) >= 11 is 0. The summed E-state index contributed by atoms with van der Waals surface area (Å²) < 4.78 is 0. The van der Waals surface area contributed by atoms with Gasteiger partial charge in [0.25, 0.3) is 0 Å². The van der Waals surface area contributed by atoms with Gasteiger partial charge in [0.2, 0.25) is 0 Å². The summed E-state index contributed by atoms with van der Waals surface area (Å²) in [5.74, 6) is 2.66. The van der Waals surface area contributed by atoms with Gasteiger partial charge in [-0.25, -0.2) is 0 Å². The maximum absolute atomic E-state index is 5.17. The van der Waals surface area contributed by atoms with Crippen LogP contribution in [0.3, 0.4) is 0 Å². The number of hydrogen-bond acceptors (Lipinski definition) is 1. The minimum atomic E-state index is 0.394. The molecule has 1 heteroatoms. The van der Waals surface area contributed by atoms with Crippen molar-refractivity contribution in [3.63, 3.8) is 0 Å². The lowest BCUT2D eigenvalue weighted by molar-refractivity contribution is 0.317. The molecular formula is C10H19N. The van der Waals surface area contributed by atoms with Crippen LogP contribution in [-0.2, 0) is 0 Å². The standard InChI is InChI=1S/C10H19N/c1-5-6-7-8-10(2,3)9-11-4/h1,11H,6-9H2,2-4H3. The van der Waals surface area contributed by atoms with Crippen molar-refractivity contribution in [2.75, 3.05) is 13.6 Å². The number of hydrogen-bond donors (Lipinski definition) is 1. The van der Waals surface area contributed by atoms with Crippen molar-refractivity contribution in [3.05, 3.63) is 0 Å². The van der Waals surface area contributed by atoms with Gasteiger partial charge in [0.1, 0.15) is 0 Å². The molecule has 0 heterocycles. The fourth-order valence-electron chi connectivity index (χ4n) is 1.24. The van der Waals surface area contributed by atoms with Gasteiger partial charge in [-0.2, -0.15) is 0 Å². The van der Waals surface area contributed by atoms with E-state index in [1.165, 1.54) is 6.42 Å². The van der Waals surface area contributed by atoms with E-state index in [0.29, 0.717) is 5.41 Å². The second-order valence-corrected chi connectivity index (χ2v) is 3.75. The van der Waals surface area contributed by atoms with E-state index in [2.05, 4.69) is 25.1 Å². The van der Waals surface area contributed by atoms with Gasteiger partial charge in [0, 0.05) is 6.42 Å². The van der Waals surface area contributed by atoms with Crippen LogP contribution in [0, 0.1) is 17.8 Å². The molecule has 0 aliphatic carbocycles. The van der Waals surface area contributed by atoms with Crippen molar-refractivity contribution >= 4 is 0 Å². The Balaban J connectivity index is 3.48. The lowest BCUT2D eigenvalue weighted by atomic mass is 9.87. The molecule has 0 aromatic rings. The van der Waals surface area contributed by atoms with E-state index in [1.807, 2.05) is 7.05 Å². The van der Waals surface area contributed by atoms with E-state index in [4.69, 9.17) is 6.42 Å².